The van der Waals surface area contributed by atoms with E-state index >= 15 is 0 Å². The van der Waals surface area contributed by atoms with Gasteiger partial charge in [0.25, 0.3) is 0 Å². The van der Waals surface area contributed by atoms with E-state index in [9.17, 15) is 4.39 Å². The van der Waals surface area contributed by atoms with Gasteiger partial charge in [0.2, 0.25) is 0 Å². The third-order valence-electron chi connectivity index (χ3n) is 3.48. The average Bonchev–Trinajstić information content (AvgIpc) is 2.83. The van der Waals surface area contributed by atoms with Gasteiger partial charge in [-0.15, -0.1) is 0 Å². The van der Waals surface area contributed by atoms with Gasteiger partial charge in [-0.2, -0.15) is 0 Å². The van der Waals surface area contributed by atoms with Crippen LogP contribution in [0, 0.1) is 5.82 Å². The summed E-state index contributed by atoms with van der Waals surface area (Å²) in [6.07, 6.45) is 3.30. The van der Waals surface area contributed by atoms with E-state index in [4.69, 9.17) is 15.2 Å². The van der Waals surface area contributed by atoms with Crippen molar-refractivity contribution in [2.45, 2.75) is 38.3 Å². The molecule has 0 heterocycles. The maximum Gasteiger partial charge on any atom is 0.167 e. The van der Waals surface area contributed by atoms with Crippen LogP contribution in [0.5, 0.6) is 5.75 Å². The molecule has 0 spiro atoms. The molecule has 1 aromatic carbocycles. The van der Waals surface area contributed by atoms with Gasteiger partial charge in [0.05, 0.1) is 24.1 Å². The summed E-state index contributed by atoms with van der Waals surface area (Å²) in [6, 6.07) is 3.25. The monoisotopic (exact) mass is 268 g/mol. The zero-order valence-corrected chi connectivity index (χ0v) is 11.4. The number of anilines is 2. The molecular formula is C14H21FN2O2. The van der Waals surface area contributed by atoms with Crippen LogP contribution in [-0.4, -0.2) is 25.9 Å². The van der Waals surface area contributed by atoms with Crippen molar-refractivity contribution in [3.8, 4) is 5.75 Å². The zero-order chi connectivity index (χ0) is 13.8. The smallest absolute Gasteiger partial charge is 0.167 e. The molecule has 3 N–H and O–H groups in total. The number of methoxy groups -OCH3 is 1. The first-order valence-electron chi connectivity index (χ1n) is 6.65. The lowest BCUT2D eigenvalue weighted by molar-refractivity contribution is 0.108. The summed E-state index contributed by atoms with van der Waals surface area (Å²) in [5.74, 6) is -0.188. The fourth-order valence-electron chi connectivity index (χ4n) is 2.47. The number of benzene rings is 1. The van der Waals surface area contributed by atoms with Crippen molar-refractivity contribution in [1.29, 1.82) is 0 Å². The first-order chi connectivity index (χ1) is 9.13. The summed E-state index contributed by atoms with van der Waals surface area (Å²) in [5, 5.41) is 3.35. The highest BCUT2D eigenvalue weighted by atomic mass is 19.1. The van der Waals surface area contributed by atoms with Crippen molar-refractivity contribution in [3.05, 3.63) is 17.9 Å². The largest absolute Gasteiger partial charge is 0.491 e. The number of rotatable bonds is 5. The summed E-state index contributed by atoms with van der Waals surface area (Å²) in [4.78, 5) is 0. The molecular weight excluding hydrogens is 247 g/mol. The van der Waals surface area contributed by atoms with Gasteiger partial charge in [-0.1, -0.05) is 0 Å². The van der Waals surface area contributed by atoms with E-state index in [1.165, 1.54) is 6.07 Å². The minimum absolute atomic E-state index is 0.237. The lowest BCUT2D eigenvalue weighted by atomic mass is 10.2. The molecule has 1 aliphatic rings. The molecule has 4 nitrogen and oxygen atoms in total. The molecule has 0 bridgehead atoms. The van der Waals surface area contributed by atoms with Crippen molar-refractivity contribution in [2.75, 3.05) is 24.8 Å². The maximum absolute atomic E-state index is 13.6. The Morgan fingerprint density at radius 1 is 1.42 bits per heavy atom. The summed E-state index contributed by atoms with van der Waals surface area (Å²) in [5.41, 5.74) is 6.98. The van der Waals surface area contributed by atoms with E-state index in [1.807, 2.05) is 6.92 Å². The van der Waals surface area contributed by atoms with E-state index in [1.54, 1.807) is 13.2 Å². The topological polar surface area (TPSA) is 56.5 Å². The maximum atomic E-state index is 13.6. The number of halogens is 1. The Hall–Kier alpha value is -1.49. The van der Waals surface area contributed by atoms with E-state index in [0.29, 0.717) is 24.4 Å². The van der Waals surface area contributed by atoms with Gasteiger partial charge < -0.3 is 20.5 Å². The summed E-state index contributed by atoms with van der Waals surface area (Å²) >= 11 is 0. The minimum Gasteiger partial charge on any atom is -0.491 e. The molecule has 2 unspecified atom stereocenters. The Bertz CT molecular complexity index is 440. The fraction of sp³-hybridized carbons (Fsp3) is 0.571. The van der Waals surface area contributed by atoms with Crippen LogP contribution >= 0.6 is 0 Å². The van der Waals surface area contributed by atoms with E-state index in [-0.39, 0.29) is 5.75 Å². The third kappa shape index (κ3) is 3.29. The van der Waals surface area contributed by atoms with Gasteiger partial charge in [-0.25, -0.2) is 4.39 Å². The second kappa shape index (κ2) is 6.10. The Morgan fingerprint density at radius 3 is 2.84 bits per heavy atom. The molecule has 0 radical (unpaired) electrons. The van der Waals surface area contributed by atoms with Crippen LogP contribution in [0.2, 0.25) is 0 Å². The van der Waals surface area contributed by atoms with Gasteiger partial charge in [0, 0.05) is 25.3 Å². The fourth-order valence-corrected chi connectivity index (χ4v) is 2.47. The lowest BCUT2D eigenvalue weighted by Gasteiger charge is -2.17. The second-order valence-corrected chi connectivity index (χ2v) is 4.81. The predicted octanol–water partition coefficient (Wildman–Crippen LogP) is 2.79. The first-order valence-corrected chi connectivity index (χ1v) is 6.65. The second-order valence-electron chi connectivity index (χ2n) is 4.81. The molecule has 1 fully saturated rings. The number of nitrogens with two attached hydrogens (primary N) is 1. The van der Waals surface area contributed by atoms with Crippen LogP contribution in [0.25, 0.3) is 0 Å². The van der Waals surface area contributed by atoms with E-state index in [0.717, 1.165) is 24.9 Å². The Morgan fingerprint density at radius 2 is 2.21 bits per heavy atom. The number of nitrogens with one attached hydrogen (secondary N) is 1. The third-order valence-corrected chi connectivity index (χ3v) is 3.48. The summed E-state index contributed by atoms with van der Waals surface area (Å²) < 4.78 is 24.2. The number of nitrogen functional groups attached to an aromatic ring is 1. The molecule has 1 aliphatic carbocycles. The standard InChI is InChI=1S/C14H21FN2O2/c1-3-19-14-8-13(12(16)7-11(14)15)17-9-4-5-10(6-9)18-2/h7-10,17H,3-6,16H2,1-2H3. The Labute approximate surface area is 113 Å². The molecule has 2 rings (SSSR count). The molecule has 0 aliphatic heterocycles. The summed E-state index contributed by atoms with van der Waals surface area (Å²) in [7, 11) is 1.73. The zero-order valence-electron chi connectivity index (χ0n) is 11.4. The van der Waals surface area contributed by atoms with Crippen LogP contribution in [0.1, 0.15) is 26.2 Å². The van der Waals surface area contributed by atoms with Crippen LogP contribution in [-0.2, 0) is 4.74 Å². The van der Waals surface area contributed by atoms with Gasteiger partial charge in [0.1, 0.15) is 0 Å². The SMILES string of the molecule is CCOc1cc(NC2CCC(OC)C2)c(N)cc1F. The van der Waals surface area contributed by atoms with E-state index in [2.05, 4.69) is 5.32 Å². The highest BCUT2D eigenvalue weighted by molar-refractivity contribution is 5.69. The highest BCUT2D eigenvalue weighted by Gasteiger charge is 2.25. The molecule has 1 aromatic rings. The van der Waals surface area contributed by atoms with Crippen molar-refractivity contribution in [3.63, 3.8) is 0 Å². The van der Waals surface area contributed by atoms with Crippen LogP contribution in [0.15, 0.2) is 12.1 Å². The number of hydrogen-bond donors (Lipinski definition) is 2. The van der Waals surface area contributed by atoms with Crippen molar-refractivity contribution in [2.24, 2.45) is 0 Å². The quantitative estimate of drug-likeness (QED) is 0.806. The number of ether oxygens (including phenoxy) is 2. The normalized spacial score (nSPS) is 22.5. The molecule has 0 aromatic heterocycles. The Balaban J connectivity index is 2.09. The molecule has 106 valence electrons. The number of hydrogen-bond acceptors (Lipinski definition) is 4. The van der Waals surface area contributed by atoms with Crippen molar-refractivity contribution >= 4 is 11.4 Å². The molecule has 19 heavy (non-hydrogen) atoms. The highest BCUT2D eigenvalue weighted by Crippen LogP contribution is 2.31. The van der Waals surface area contributed by atoms with Crippen LogP contribution in [0.4, 0.5) is 15.8 Å². The van der Waals surface area contributed by atoms with Crippen LogP contribution in [0.3, 0.4) is 0 Å². The van der Waals surface area contributed by atoms with Gasteiger partial charge >= 0.3 is 0 Å². The van der Waals surface area contributed by atoms with Gasteiger partial charge in [-0.05, 0) is 26.2 Å². The summed E-state index contributed by atoms with van der Waals surface area (Å²) in [6.45, 7) is 2.25. The van der Waals surface area contributed by atoms with Crippen molar-refractivity contribution in [1.82, 2.24) is 0 Å². The lowest BCUT2D eigenvalue weighted by Crippen LogP contribution is -2.18. The van der Waals surface area contributed by atoms with Crippen LogP contribution < -0.4 is 15.8 Å². The van der Waals surface area contributed by atoms with Gasteiger partial charge in [0.15, 0.2) is 11.6 Å². The molecule has 1 saturated carbocycles. The van der Waals surface area contributed by atoms with E-state index < -0.39 is 5.82 Å². The van der Waals surface area contributed by atoms with Crippen molar-refractivity contribution < 1.29 is 13.9 Å². The molecule has 0 saturated heterocycles. The first kappa shape index (κ1) is 13.9. The minimum atomic E-state index is -0.425. The predicted molar refractivity (Wildman–Crippen MR) is 74.0 cm³/mol. The molecule has 2 atom stereocenters. The molecule has 5 heteroatoms. The van der Waals surface area contributed by atoms with Gasteiger partial charge in [-0.3, -0.25) is 0 Å². The molecule has 0 amide bonds. The Kier molecular flexibility index (Phi) is 4.47. The average molecular weight is 268 g/mol.